The molecule has 1 fully saturated rings. The third-order valence-corrected chi connectivity index (χ3v) is 3.76. The Morgan fingerprint density at radius 1 is 1.38 bits per heavy atom. The third-order valence-electron chi connectivity index (χ3n) is 3.76. The normalized spacial score (nSPS) is 13.4. The van der Waals surface area contributed by atoms with Crippen molar-refractivity contribution in [2.24, 2.45) is 0 Å². The summed E-state index contributed by atoms with van der Waals surface area (Å²) >= 11 is 0. The van der Waals surface area contributed by atoms with Gasteiger partial charge in [-0.25, -0.2) is 0 Å². The van der Waals surface area contributed by atoms with Crippen LogP contribution in [-0.2, 0) is 11.3 Å². The van der Waals surface area contributed by atoms with Gasteiger partial charge in [0.1, 0.15) is 6.54 Å². The Hall–Kier alpha value is -3.31. The fourth-order valence-corrected chi connectivity index (χ4v) is 2.22. The van der Waals surface area contributed by atoms with Gasteiger partial charge in [0.05, 0.1) is 16.9 Å². The zero-order valence-electron chi connectivity index (χ0n) is 14.0. The summed E-state index contributed by atoms with van der Waals surface area (Å²) in [5.74, 6) is -0.454. The van der Waals surface area contributed by atoms with E-state index in [4.69, 9.17) is 4.52 Å². The fraction of sp³-hybridized carbons (Fsp3) is 0.500. The first-order chi connectivity index (χ1) is 12.4. The van der Waals surface area contributed by atoms with E-state index in [0.29, 0.717) is 17.4 Å². The van der Waals surface area contributed by atoms with Gasteiger partial charge in [0, 0.05) is 19.0 Å². The molecule has 0 bridgehead atoms. The van der Waals surface area contributed by atoms with Gasteiger partial charge in [-0.15, -0.1) is 0 Å². The molecule has 0 aromatic carbocycles. The van der Waals surface area contributed by atoms with E-state index in [1.54, 1.807) is 6.92 Å². The molecule has 3 rings (SSSR count). The van der Waals surface area contributed by atoms with Crippen LogP contribution >= 0.6 is 0 Å². The molecule has 138 valence electrons. The van der Waals surface area contributed by atoms with E-state index < -0.39 is 10.8 Å². The number of nitrogens with zero attached hydrogens (tertiary/aromatic N) is 5. The standard InChI is InChI=1S/C14H17N7O5/c1-8-6-10(21(24)25)18-20(8)7-11(22)15-4-5-16-13(23)14-17-12(19-26-14)9-2-3-9/h6,9H,2-5,7H2,1H3,(H,15,22)(H,16,23). The number of carbonyl (C=O) groups excluding carboxylic acids is 2. The van der Waals surface area contributed by atoms with Crippen LogP contribution in [0.4, 0.5) is 5.82 Å². The second-order valence-corrected chi connectivity index (χ2v) is 5.90. The third kappa shape index (κ3) is 4.20. The zero-order valence-corrected chi connectivity index (χ0v) is 14.0. The first-order valence-corrected chi connectivity index (χ1v) is 8.01. The lowest BCUT2D eigenvalue weighted by Crippen LogP contribution is -2.36. The monoisotopic (exact) mass is 363 g/mol. The summed E-state index contributed by atoms with van der Waals surface area (Å²) in [6.45, 7) is 1.82. The molecule has 0 saturated heterocycles. The quantitative estimate of drug-likeness (QED) is 0.374. The van der Waals surface area contributed by atoms with E-state index in [1.807, 2.05) is 0 Å². The van der Waals surface area contributed by atoms with Crippen LogP contribution in [0, 0.1) is 17.0 Å². The van der Waals surface area contributed by atoms with Crippen molar-refractivity contribution in [3.63, 3.8) is 0 Å². The topological polar surface area (TPSA) is 158 Å². The minimum atomic E-state index is -0.622. The van der Waals surface area contributed by atoms with Crippen LogP contribution in [0.5, 0.6) is 0 Å². The molecule has 0 unspecified atom stereocenters. The average molecular weight is 363 g/mol. The number of amides is 2. The van der Waals surface area contributed by atoms with E-state index in [9.17, 15) is 19.7 Å². The Bertz CT molecular complexity index is 839. The van der Waals surface area contributed by atoms with E-state index in [-0.39, 0.29) is 37.3 Å². The van der Waals surface area contributed by atoms with Crippen molar-refractivity contribution in [3.05, 3.63) is 33.6 Å². The van der Waals surface area contributed by atoms with Gasteiger partial charge < -0.3 is 25.3 Å². The van der Waals surface area contributed by atoms with Crippen LogP contribution in [-0.4, -0.2) is 49.7 Å². The van der Waals surface area contributed by atoms with Crippen molar-refractivity contribution in [2.45, 2.75) is 32.2 Å². The largest absolute Gasteiger partial charge is 0.390 e. The molecular weight excluding hydrogens is 346 g/mol. The summed E-state index contributed by atoms with van der Waals surface area (Å²) in [5.41, 5.74) is 0.503. The number of aryl methyl sites for hydroxylation is 1. The van der Waals surface area contributed by atoms with Gasteiger partial charge in [-0.2, -0.15) is 9.67 Å². The molecule has 2 heterocycles. The summed E-state index contributed by atoms with van der Waals surface area (Å²) < 4.78 is 6.13. The molecule has 0 atom stereocenters. The summed E-state index contributed by atoms with van der Waals surface area (Å²) in [4.78, 5) is 37.8. The maximum Gasteiger partial charge on any atom is 0.390 e. The highest BCUT2D eigenvalue weighted by molar-refractivity contribution is 5.89. The Morgan fingerprint density at radius 2 is 2.12 bits per heavy atom. The average Bonchev–Trinajstić information content (AvgIpc) is 3.21. The lowest BCUT2D eigenvalue weighted by molar-refractivity contribution is -0.389. The van der Waals surface area contributed by atoms with Crippen molar-refractivity contribution in [2.75, 3.05) is 13.1 Å². The Kier molecular flexibility index (Phi) is 4.91. The van der Waals surface area contributed by atoms with Crippen LogP contribution in [0.25, 0.3) is 0 Å². The molecule has 2 N–H and O–H groups in total. The van der Waals surface area contributed by atoms with Gasteiger partial charge in [0.2, 0.25) is 5.91 Å². The smallest absolute Gasteiger partial charge is 0.358 e. The van der Waals surface area contributed by atoms with Crippen LogP contribution in [0.15, 0.2) is 10.6 Å². The number of carbonyl (C=O) groups is 2. The number of rotatable bonds is 8. The van der Waals surface area contributed by atoms with E-state index in [1.165, 1.54) is 10.7 Å². The van der Waals surface area contributed by atoms with Crippen LogP contribution in [0.2, 0.25) is 0 Å². The summed E-state index contributed by atoms with van der Waals surface area (Å²) in [5, 5.41) is 23.3. The highest BCUT2D eigenvalue weighted by Gasteiger charge is 2.29. The van der Waals surface area contributed by atoms with Crippen molar-refractivity contribution in [3.8, 4) is 0 Å². The van der Waals surface area contributed by atoms with Gasteiger partial charge in [-0.05, 0) is 24.7 Å². The number of nitrogens with one attached hydrogen (secondary N) is 2. The van der Waals surface area contributed by atoms with E-state index in [0.717, 1.165) is 12.8 Å². The van der Waals surface area contributed by atoms with Gasteiger partial charge in [0.25, 0.3) is 0 Å². The Labute approximate surface area is 147 Å². The molecule has 12 nitrogen and oxygen atoms in total. The van der Waals surface area contributed by atoms with Crippen molar-refractivity contribution in [1.82, 2.24) is 30.6 Å². The zero-order chi connectivity index (χ0) is 18.7. The molecular formula is C14H17N7O5. The minimum Gasteiger partial charge on any atom is -0.358 e. The van der Waals surface area contributed by atoms with Crippen molar-refractivity contribution in [1.29, 1.82) is 0 Å². The molecule has 0 radical (unpaired) electrons. The molecule has 26 heavy (non-hydrogen) atoms. The van der Waals surface area contributed by atoms with Crippen LogP contribution in [0.1, 0.15) is 41.0 Å². The first kappa shape index (κ1) is 17.5. The van der Waals surface area contributed by atoms with Crippen molar-refractivity contribution >= 4 is 17.6 Å². The first-order valence-electron chi connectivity index (χ1n) is 8.01. The molecule has 2 aromatic heterocycles. The summed E-state index contributed by atoms with van der Waals surface area (Å²) in [6.07, 6.45) is 2.01. The van der Waals surface area contributed by atoms with E-state index in [2.05, 4.69) is 25.9 Å². The van der Waals surface area contributed by atoms with E-state index >= 15 is 0 Å². The molecule has 0 aliphatic heterocycles. The molecule has 2 aromatic rings. The van der Waals surface area contributed by atoms with Gasteiger partial charge in [0.15, 0.2) is 5.82 Å². The second-order valence-electron chi connectivity index (χ2n) is 5.90. The Balaban J connectivity index is 1.39. The molecule has 2 amide bonds. The lowest BCUT2D eigenvalue weighted by atomic mass is 10.4. The summed E-state index contributed by atoms with van der Waals surface area (Å²) in [6, 6.07) is 1.29. The fourth-order valence-electron chi connectivity index (χ4n) is 2.22. The van der Waals surface area contributed by atoms with Crippen LogP contribution in [0.3, 0.4) is 0 Å². The maximum absolute atomic E-state index is 11.8. The molecule has 12 heteroatoms. The number of nitro groups is 1. The molecule has 0 spiro atoms. The van der Waals surface area contributed by atoms with Crippen molar-refractivity contribution < 1.29 is 19.0 Å². The highest BCUT2D eigenvalue weighted by atomic mass is 16.6. The number of aromatic nitrogens is 4. The second kappa shape index (κ2) is 7.29. The lowest BCUT2D eigenvalue weighted by Gasteiger charge is -2.05. The number of hydrogen-bond donors (Lipinski definition) is 2. The molecule has 1 aliphatic carbocycles. The molecule has 1 saturated carbocycles. The SMILES string of the molecule is Cc1cc([N+](=O)[O-])nn1CC(=O)NCCNC(=O)c1nc(C2CC2)no1. The highest BCUT2D eigenvalue weighted by Crippen LogP contribution is 2.37. The molecule has 1 aliphatic rings. The number of hydrogen-bond acceptors (Lipinski definition) is 8. The van der Waals surface area contributed by atoms with Gasteiger partial charge in [-0.3, -0.25) is 9.59 Å². The maximum atomic E-state index is 11.8. The predicted octanol–water partition coefficient (Wildman–Crippen LogP) is -0.0937. The van der Waals surface area contributed by atoms with Gasteiger partial charge >= 0.3 is 17.6 Å². The van der Waals surface area contributed by atoms with Crippen LogP contribution < -0.4 is 10.6 Å². The summed E-state index contributed by atoms with van der Waals surface area (Å²) in [7, 11) is 0. The Morgan fingerprint density at radius 3 is 2.77 bits per heavy atom. The minimum absolute atomic E-state index is 0.0994. The predicted molar refractivity (Wildman–Crippen MR) is 85.2 cm³/mol. The van der Waals surface area contributed by atoms with Gasteiger partial charge in [-0.1, -0.05) is 5.16 Å².